The molecule has 0 bridgehead atoms. The van der Waals surface area contributed by atoms with Gasteiger partial charge in [0, 0.05) is 15.9 Å². The molecular formula is C25H22BrClN2O4S. The van der Waals surface area contributed by atoms with Crippen molar-refractivity contribution in [1.82, 2.24) is 4.57 Å². The second kappa shape index (κ2) is 10.7. The van der Waals surface area contributed by atoms with Crippen LogP contribution < -0.4 is 19.6 Å². The van der Waals surface area contributed by atoms with Gasteiger partial charge in [-0.2, -0.15) is 0 Å². The first kappa shape index (κ1) is 24.4. The number of fused-ring (bicyclic) bond motifs is 1. The fourth-order valence-corrected chi connectivity index (χ4v) is 5.10. The van der Waals surface area contributed by atoms with Gasteiger partial charge in [-0.1, -0.05) is 69.2 Å². The normalized spacial score (nSPS) is 15.6. The molecule has 3 aromatic rings. The number of hydrogen-bond donors (Lipinski definition) is 0. The average molecular weight is 562 g/mol. The minimum atomic E-state index is -0.672. The summed E-state index contributed by atoms with van der Waals surface area (Å²) >= 11 is 10.7. The molecule has 1 aromatic heterocycles. The number of carbonyl (C=O) groups is 1. The molecule has 0 radical (unpaired) electrons. The van der Waals surface area contributed by atoms with Gasteiger partial charge in [0.25, 0.3) is 5.56 Å². The number of halogens is 2. The summed E-state index contributed by atoms with van der Waals surface area (Å²) < 4.78 is 13.2. The van der Waals surface area contributed by atoms with Crippen LogP contribution in [0.1, 0.15) is 31.0 Å². The molecule has 0 aliphatic carbocycles. The Bertz CT molecular complexity index is 1430. The highest BCUT2D eigenvalue weighted by atomic mass is 79.9. The monoisotopic (exact) mass is 560 g/mol. The molecule has 0 saturated heterocycles. The molecule has 1 aliphatic heterocycles. The lowest BCUT2D eigenvalue weighted by atomic mass is 9.96. The third-order valence-corrected chi connectivity index (χ3v) is 6.80. The van der Waals surface area contributed by atoms with Gasteiger partial charge in [-0.3, -0.25) is 9.36 Å². The summed E-state index contributed by atoms with van der Waals surface area (Å²) in [5, 5.41) is 1.26. The summed E-state index contributed by atoms with van der Waals surface area (Å²) in [6.45, 7) is 4.23. The number of ether oxygens (including phenoxy) is 2. The van der Waals surface area contributed by atoms with E-state index in [-0.39, 0.29) is 12.2 Å². The molecule has 0 unspecified atom stereocenters. The molecule has 1 atom stereocenters. The lowest BCUT2D eigenvalue weighted by Gasteiger charge is -2.24. The van der Waals surface area contributed by atoms with Crippen LogP contribution in [0.4, 0.5) is 0 Å². The van der Waals surface area contributed by atoms with Gasteiger partial charge in [0.15, 0.2) is 4.80 Å². The molecule has 0 saturated carbocycles. The minimum absolute atomic E-state index is 0.221. The van der Waals surface area contributed by atoms with E-state index in [1.807, 2.05) is 36.4 Å². The van der Waals surface area contributed by atoms with Crippen LogP contribution in [0, 0.1) is 0 Å². The SMILES string of the molecule is CCOC(=O)C1=C(C)N=c2sc(=Cc3ccccc3OCCBr)c(=O)n2[C@@H]1c1ccc(Cl)cc1. The lowest BCUT2D eigenvalue weighted by molar-refractivity contribution is -0.139. The Morgan fingerprint density at radius 2 is 1.97 bits per heavy atom. The number of nitrogens with zero attached hydrogens (tertiary/aromatic N) is 2. The Labute approximate surface area is 213 Å². The van der Waals surface area contributed by atoms with Crippen molar-refractivity contribution in [3.63, 3.8) is 0 Å². The van der Waals surface area contributed by atoms with Crippen LogP contribution in [0.5, 0.6) is 5.75 Å². The number of hydrogen-bond acceptors (Lipinski definition) is 6. The third kappa shape index (κ3) is 4.89. The molecule has 4 rings (SSSR count). The van der Waals surface area contributed by atoms with Crippen molar-refractivity contribution in [1.29, 1.82) is 0 Å². The number of para-hydroxylation sites is 1. The quantitative estimate of drug-likeness (QED) is 0.320. The largest absolute Gasteiger partial charge is 0.492 e. The molecule has 0 amide bonds. The molecule has 0 fully saturated rings. The predicted molar refractivity (Wildman–Crippen MR) is 138 cm³/mol. The molecule has 2 heterocycles. The van der Waals surface area contributed by atoms with Crippen LogP contribution in [0.25, 0.3) is 6.08 Å². The van der Waals surface area contributed by atoms with E-state index in [1.165, 1.54) is 11.3 Å². The molecule has 34 heavy (non-hydrogen) atoms. The van der Waals surface area contributed by atoms with Crippen LogP contribution in [-0.2, 0) is 9.53 Å². The second-order valence-electron chi connectivity index (χ2n) is 7.43. The highest BCUT2D eigenvalue weighted by Gasteiger charge is 2.33. The Morgan fingerprint density at radius 1 is 1.24 bits per heavy atom. The number of aromatic nitrogens is 1. The average Bonchev–Trinajstić information content (AvgIpc) is 3.12. The smallest absolute Gasteiger partial charge is 0.338 e. The fraction of sp³-hybridized carbons (Fsp3) is 0.240. The summed E-state index contributed by atoms with van der Waals surface area (Å²) in [7, 11) is 0. The van der Waals surface area contributed by atoms with Crippen LogP contribution >= 0.6 is 38.9 Å². The van der Waals surface area contributed by atoms with Gasteiger partial charge in [0.05, 0.1) is 35.1 Å². The number of allylic oxidation sites excluding steroid dienone is 1. The molecule has 2 aromatic carbocycles. The number of esters is 1. The lowest BCUT2D eigenvalue weighted by Crippen LogP contribution is -2.39. The van der Waals surface area contributed by atoms with Crippen molar-refractivity contribution >= 4 is 50.9 Å². The van der Waals surface area contributed by atoms with E-state index >= 15 is 0 Å². The van der Waals surface area contributed by atoms with E-state index in [4.69, 9.17) is 21.1 Å². The van der Waals surface area contributed by atoms with Crippen molar-refractivity contribution in [3.8, 4) is 5.75 Å². The van der Waals surface area contributed by atoms with Crippen LogP contribution in [0.3, 0.4) is 0 Å². The molecule has 9 heteroatoms. The van der Waals surface area contributed by atoms with Crippen molar-refractivity contribution < 1.29 is 14.3 Å². The number of carbonyl (C=O) groups excluding carboxylic acids is 1. The molecule has 176 valence electrons. The Morgan fingerprint density at radius 3 is 2.68 bits per heavy atom. The van der Waals surface area contributed by atoms with Gasteiger partial charge in [0.1, 0.15) is 5.75 Å². The van der Waals surface area contributed by atoms with Crippen LogP contribution in [-0.4, -0.2) is 29.1 Å². The van der Waals surface area contributed by atoms with E-state index in [9.17, 15) is 9.59 Å². The summed E-state index contributed by atoms with van der Waals surface area (Å²) in [5.74, 6) is 0.192. The van der Waals surface area contributed by atoms with Gasteiger partial charge < -0.3 is 9.47 Å². The summed E-state index contributed by atoms with van der Waals surface area (Å²) in [6, 6.07) is 14.0. The molecule has 0 spiro atoms. The standard InChI is InChI=1S/C25H22BrClN2O4S/c1-3-32-24(31)21-15(2)28-25-29(22(21)16-8-10-18(27)11-9-16)23(30)20(34-25)14-17-6-4-5-7-19(17)33-13-12-26/h4-11,14,22H,3,12-13H2,1-2H3/t22-/m1/s1. The van der Waals surface area contributed by atoms with Gasteiger partial charge in [-0.05, 0) is 43.7 Å². The predicted octanol–water partition coefficient (Wildman–Crippen LogP) is 4.23. The number of benzene rings is 2. The first-order chi connectivity index (χ1) is 16.4. The van der Waals surface area contributed by atoms with Crippen molar-refractivity contribution in [2.75, 3.05) is 18.5 Å². The zero-order valence-corrected chi connectivity index (χ0v) is 21.7. The van der Waals surface area contributed by atoms with Crippen LogP contribution in [0.15, 0.2) is 69.6 Å². The van der Waals surface area contributed by atoms with E-state index in [0.29, 0.717) is 43.3 Å². The van der Waals surface area contributed by atoms with Gasteiger partial charge in [0.2, 0.25) is 0 Å². The first-order valence-corrected chi connectivity index (χ1v) is 13.0. The summed E-state index contributed by atoms with van der Waals surface area (Å²) in [6.07, 6.45) is 1.80. The van der Waals surface area contributed by atoms with Gasteiger partial charge in [-0.25, -0.2) is 9.79 Å². The topological polar surface area (TPSA) is 69.9 Å². The minimum Gasteiger partial charge on any atom is -0.492 e. The third-order valence-electron chi connectivity index (χ3n) is 5.24. The number of rotatable bonds is 7. The van der Waals surface area contributed by atoms with Crippen molar-refractivity contribution in [2.24, 2.45) is 4.99 Å². The zero-order valence-electron chi connectivity index (χ0n) is 18.6. The second-order valence-corrected chi connectivity index (χ2v) is 9.67. The van der Waals surface area contributed by atoms with E-state index in [2.05, 4.69) is 20.9 Å². The van der Waals surface area contributed by atoms with E-state index in [0.717, 1.165) is 11.1 Å². The summed E-state index contributed by atoms with van der Waals surface area (Å²) in [5.41, 5.74) is 2.15. The van der Waals surface area contributed by atoms with Crippen LogP contribution in [0.2, 0.25) is 5.02 Å². The maximum absolute atomic E-state index is 13.7. The molecular weight excluding hydrogens is 540 g/mol. The fourth-order valence-electron chi connectivity index (χ4n) is 3.77. The highest BCUT2D eigenvalue weighted by molar-refractivity contribution is 9.09. The highest BCUT2D eigenvalue weighted by Crippen LogP contribution is 2.31. The van der Waals surface area contributed by atoms with E-state index < -0.39 is 12.0 Å². The Balaban J connectivity index is 1.92. The number of thiazole rings is 1. The molecule has 1 aliphatic rings. The Kier molecular flexibility index (Phi) is 7.70. The van der Waals surface area contributed by atoms with E-state index in [1.54, 1.807) is 36.6 Å². The van der Waals surface area contributed by atoms with Gasteiger partial charge >= 0.3 is 5.97 Å². The zero-order chi connectivity index (χ0) is 24.2. The van der Waals surface area contributed by atoms with Crippen molar-refractivity contribution in [3.05, 3.63) is 95.6 Å². The maximum Gasteiger partial charge on any atom is 0.338 e. The summed E-state index contributed by atoms with van der Waals surface area (Å²) in [4.78, 5) is 31.7. The maximum atomic E-state index is 13.7. The van der Waals surface area contributed by atoms with Gasteiger partial charge in [-0.15, -0.1) is 0 Å². The van der Waals surface area contributed by atoms with Crippen molar-refractivity contribution in [2.45, 2.75) is 19.9 Å². The first-order valence-electron chi connectivity index (χ1n) is 10.7. The molecule has 0 N–H and O–H groups in total. The molecule has 6 nitrogen and oxygen atoms in total. The number of alkyl halides is 1. The Hall–Kier alpha value is -2.68.